The van der Waals surface area contributed by atoms with E-state index in [2.05, 4.69) is 28.2 Å². The molecule has 0 spiro atoms. The first-order chi connectivity index (χ1) is 13.7. The summed E-state index contributed by atoms with van der Waals surface area (Å²) >= 11 is 0. The number of benzene rings is 1. The molecule has 2 atom stereocenters. The smallest absolute Gasteiger partial charge is 0.270 e. The van der Waals surface area contributed by atoms with Gasteiger partial charge < -0.3 is 19.9 Å². The van der Waals surface area contributed by atoms with Gasteiger partial charge in [-0.15, -0.1) is 0 Å². The minimum atomic E-state index is 0.133. The number of fused-ring (bicyclic) bond motifs is 1. The van der Waals surface area contributed by atoms with Gasteiger partial charge in [0, 0.05) is 42.7 Å². The van der Waals surface area contributed by atoms with Crippen molar-refractivity contribution in [1.29, 1.82) is 0 Å². The van der Waals surface area contributed by atoms with Gasteiger partial charge >= 0.3 is 0 Å². The van der Waals surface area contributed by atoms with Crippen LogP contribution >= 0.6 is 0 Å². The molecule has 1 amide bonds. The van der Waals surface area contributed by atoms with Gasteiger partial charge in [-0.25, -0.2) is 0 Å². The number of aromatic nitrogens is 1. The molecule has 1 aliphatic heterocycles. The normalized spacial score (nSPS) is 23.8. The fraction of sp³-hybridized carbons (Fsp3) is 0.609. The van der Waals surface area contributed by atoms with Crippen molar-refractivity contribution < 1.29 is 9.53 Å². The molecule has 0 radical (unpaired) electrons. The number of H-pyrrole nitrogens is 1. The fourth-order valence-electron chi connectivity index (χ4n) is 4.83. The first-order valence-corrected chi connectivity index (χ1v) is 10.9. The summed E-state index contributed by atoms with van der Waals surface area (Å²) in [5.41, 5.74) is 1.74. The van der Waals surface area contributed by atoms with Crippen molar-refractivity contribution in [3.63, 3.8) is 0 Å². The zero-order valence-corrected chi connectivity index (χ0v) is 17.0. The van der Waals surface area contributed by atoms with Gasteiger partial charge in [0.2, 0.25) is 0 Å². The Bertz CT molecular complexity index is 748. The molecule has 1 aromatic heterocycles. The van der Waals surface area contributed by atoms with E-state index in [0.29, 0.717) is 17.8 Å². The Hall–Kier alpha value is -1.85. The largest absolute Gasteiger partial charge is 0.381 e. The topological polar surface area (TPSA) is 57.4 Å². The average molecular weight is 384 g/mol. The third-order valence-corrected chi connectivity index (χ3v) is 6.49. The molecule has 28 heavy (non-hydrogen) atoms. The number of carbonyl (C=O) groups excluding carboxylic acids is 1. The summed E-state index contributed by atoms with van der Waals surface area (Å²) in [6.45, 7) is 5.75. The number of hydrogen-bond acceptors (Lipinski definition) is 3. The number of carbonyl (C=O) groups is 1. The van der Waals surface area contributed by atoms with E-state index in [1.807, 2.05) is 24.3 Å². The number of nitrogens with one attached hydrogen (secondary N) is 2. The molecule has 2 aliphatic rings. The third-order valence-electron chi connectivity index (χ3n) is 6.49. The van der Waals surface area contributed by atoms with Crippen LogP contribution in [0.1, 0.15) is 55.9 Å². The summed E-state index contributed by atoms with van der Waals surface area (Å²) in [6, 6.07) is 10.9. The Morgan fingerprint density at radius 2 is 2.04 bits per heavy atom. The summed E-state index contributed by atoms with van der Waals surface area (Å²) in [6.07, 6.45) is 6.91. The van der Waals surface area contributed by atoms with Crippen molar-refractivity contribution in [2.75, 3.05) is 26.3 Å². The Kier molecular flexibility index (Phi) is 6.33. The number of rotatable bonds is 6. The summed E-state index contributed by atoms with van der Waals surface area (Å²) in [5, 5.41) is 4.90. The summed E-state index contributed by atoms with van der Waals surface area (Å²) in [5.74, 6) is 0.873. The summed E-state index contributed by atoms with van der Waals surface area (Å²) in [7, 11) is 0. The van der Waals surface area contributed by atoms with Gasteiger partial charge in [-0.1, -0.05) is 18.2 Å². The molecule has 5 heteroatoms. The highest BCUT2D eigenvalue weighted by Crippen LogP contribution is 2.26. The van der Waals surface area contributed by atoms with Gasteiger partial charge in [-0.05, 0) is 70.0 Å². The number of para-hydroxylation sites is 1. The maximum absolute atomic E-state index is 13.2. The number of amides is 1. The highest BCUT2D eigenvalue weighted by molar-refractivity contribution is 5.98. The Morgan fingerprint density at radius 1 is 1.21 bits per heavy atom. The number of hydrogen-bond donors (Lipinski definition) is 2. The molecule has 1 aromatic carbocycles. The molecule has 2 heterocycles. The third kappa shape index (κ3) is 4.41. The average Bonchev–Trinajstić information content (AvgIpc) is 3.18. The zero-order chi connectivity index (χ0) is 19.3. The van der Waals surface area contributed by atoms with E-state index in [4.69, 9.17) is 4.74 Å². The van der Waals surface area contributed by atoms with Crippen molar-refractivity contribution in [2.24, 2.45) is 5.92 Å². The molecule has 4 rings (SSSR count). The molecular weight excluding hydrogens is 350 g/mol. The molecule has 0 bridgehead atoms. The Balaban J connectivity index is 1.38. The quantitative estimate of drug-likeness (QED) is 0.794. The lowest BCUT2D eigenvalue weighted by Gasteiger charge is -2.38. The van der Waals surface area contributed by atoms with Crippen LogP contribution in [-0.4, -0.2) is 54.2 Å². The monoisotopic (exact) mass is 383 g/mol. The fourth-order valence-corrected chi connectivity index (χ4v) is 4.83. The van der Waals surface area contributed by atoms with Crippen LogP contribution in [0.5, 0.6) is 0 Å². The van der Waals surface area contributed by atoms with E-state index in [9.17, 15) is 4.79 Å². The van der Waals surface area contributed by atoms with Crippen molar-refractivity contribution >= 4 is 16.8 Å². The lowest BCUT2D eigenvalue weighted by Crippen LogP contribution is -2.47. The van der Waals surface area contributed by atoms with Crippen LogP contribution in [-0.2, 0) is 4.74 Å². The lowest BCUT2D eigenvalue weighted by atomic mass is 9.89. The van der Waals surface area contributed by atoms with Crippen LogP contribution in [0, 0.1) is 5.92 Å². The van der Waals surface area contributed by atoms with Crippen LogP contribution in [0.4, 0.5) is 0 Å². The van der Waals surface area contributed by atoms with Gasteiger partial charge in [0.15, 0.2) is 0 Å². The van der Waals surface area contributed by atoms with Crippen LogP contribution in [0.25, 0.3) is 10.9 Å². The van der Waals surface area contributed by atoms with E-state index in [-0.39, 0.29) is 5.91 Å². The molecule has 1 saturated heterocycles. The maximum Gasteiger partial charge on any atom is 0.270 e. The molecule has 152 valence electrons. The van der Waals surface area contributed by atoms with E-state index in [0.717, 1.165) is 56.0 Å². The molecule has 5 nitrogen and oxygen atoms in total. The molecule has 2 fully saturated rings. The Morgan fingerprint density at radius 3 is 2.82 bits per heavy atom. The van der Waals surface area contributed by atoms with Crippen LogP contribution < -0.4 is 5.32 Å². The summed E-state index contributed by atoms with van der Waals surface area (Å²) < 4.78 is 5.47. The van der Waals surface area contributed by atoms with Gasteiger partial charge in [-0.3, -0.25) is 4.79 Å². The number of aromatic amines is 1. The molecule has 2 N–H and O–H groups in total. The highest BCUT2D eigenvalue weighted by atomic mass is 16.5. The second-order valence-electron chi connectivity index (χ2n) is 8.34. The molecule has 2 aromatic rings. The van der Waals surface area contributed by atoms with Gasteiger partial charge in [0.05, 0.1) is 0 Å². The Labute approximate surface area is 167 Å². The van der Waals surface area contributed by atoms with Crippen molar-refractivity contribution in [1.82, 2.24) is 15.2 Å². The van der Waals surface area contributed by atoms with E-state index in [1.165, 1.54) is 25.7 Å². The number of nitrogens with zero attached hydrogens (tertiary/aromatic N) is 1. The van der Waals surface area contributed by atoms with Crippen LogP contribution in [0.15, 0.2) is 30.3 Å². The molecule has 1 unspecified atom stereocenters. The second kappa shape index (κ2) is 9.10. The van der Waals surface area contributed by atoms with Crippen molar-refractivity contribution in [3.05, 3.63) is 36.0 Å². The van der Waals surface area contributed by atoms with Crippen molar-refractivity contribution in [3.8, 4) is 0 Å². The van der Waals surface area contributed by atoms with Gasteiger partial charge in [0.25, 0.3) is 5.91 Å². The summed E-state index contributed by atoms with van der Waals surface area (Å²) in [4.78, 5) is 18.6. The molecule has 1 saturated carbocycles. The predicted molar refractivity (Wildman–Crippen MR) is 113 cm³/mol. The molecule has 1 aliphatic carbocycles. The lowest BCUT2D eigenvalue weighted by molar-refractivity contribution is 0.0583. The maximum atomic E-state index is 13.2. The first kappa shape index (κ1) is 19.5. The molecular formula is C23H33N3O2. The van der Waals surface area contributed by atoms with E-state index in [1.54, 1.807) is 0 Å². The predicted octanol–water partition coefficient (Wildman–Crippen LogP) is 3.96. The van der Waals surface area contributed by atoms with Crippen LogP contribution in [0.3, 0.4) is 0 Å². The van der Waals surface area contributed by atoms with Crippen molar-refractivity contribution in [2.45, 2.75) is 57.5 Å². The van der Waals surface area contributed by atoms with Gasteiger partial charge in [0.1, 0.15) is 5.69 Å². The van der Waals surface area contributed by atoms with E-state index >= 15 is 0 Å². The SMILES string of the molecule is CCN(C(=O)c1cc2ccccc2[nH]1)C1CCC[C@@H](NCC2CCOCC2)C1. The second-order valence-corrected chi connectivity index (χ2v) is 8.34. The number of ether oxygens (including phenoxy) is 1. The standard InChI is InChI=1S/C23H33N3O2/c1-2-26(23(27)22-14-18-6-3-4-9-21(18)25-22)20-8-5-7-19(15-20)24-16-17-10-12-28-13-11-17/h3-4,6,9,14,17,19-20,24-25H,2,5,7-8,10-13,15-16H2,1H3/t19-,20?/m1/s1. The zero-order valence-electron chi connectivity index (χ0n) is 17.0. The minimum Gasteiger partial charge on any atom is -0.381 e. The van der Waals surface area contributed by atoms with Gasteiger partial charge in [-0.2, -0.15) is 0 Å². The highest BCUT2D eigenvalue weighted by Gasteiger charge is 2.30. The first-order valence-electron chi connectivity index (χ1n) is 10.9. The van der Waals surface area contributed by atoms with Crippen LogP contribution in [0.2, 0.25) is 0 Å². The van der Waals surface area contributed by atoms with E-state index < -0.39 is 0 Å². The minimum absolute atomic E-state index is 0.133.